The number of anilines is 2. The molecule has 0 saturated carbocycles. The molecule has 2 aromatic rings. The predicted octanol–water partition coefficient (Wildman–Crippen LogP) is 7.62. The molecule has 0 bridgehead atoms. The summed E-state index contributed by atoms with van der Waals surface area (Å²) < 4.78 is 0. The number of allylic oxidation sites excluding steroid dienone is 2. The van der Waals surface area contributed by atoms with Crippen molar-refractivity contribution in [2.75, 3.05) is 22.9 Å². The monoisotopic (exact) mass is 859 g/mol. The Morgan fingerprint density at radius 1 is 0.857 bits per heavy atom. The van der Waals surface area contributed by atoms with Crippen LogP contribution in [0.25, 0.3) is 0 Å². The van der Waals surface area contributed by atoms with Gasteiger partial charge in [-0.2, -0.15) is 5.26 Å². The normalized spacial score (nSPS) is 16.4. The molecule has 12 nitrogen and oxygen atoms in total. The third-order valence-corrected chi connectivity index (χ3v) is 12.1. The smallest absolute Gasteiger partial charge is 0.258 e. The van der Waals surface area contributed by atoms with Gasteiger partial charge in [-0.25, -0.2) is 9.80 Å². The molecule has 4 unspecified atom stereocenters. The first-order chi connectivity index (χ1) is 30.1. The lowest BCUT2D eigenvalue weighted by Gasteiger charge is -2.30. The summed E-state index contributed by atoms with van der Waals surface area (Å²) in [5.41, 5.74) is 6.88. The lowest BCUT2D eigenvalue weighted by Crippen LogP contribution is -2.46. The van der Waals surface area contributed by atoms with Gasteiger partial charge in [-0.1, -0.05) is 77.1 Å². The number of imide groups is 2. The van der Waals surface area contributed by atoms with Crippen molar-refractivity contribution >= 4 is 52.6 Å². The summed E-state index contributed by atoms with van der Waals surface area (Å²) in [7, 11) is 0. The third kappa shape index (κ3) is 12.6. The number of nitrogens with one attached hydrogen (secondary N) is 1. The molecule has 4 rings (SSSR count). The van der Waals surface area contributed by atoms with Gasteiger partial charge in [0.2, 0.25) is 17.7 Å². The number of nitriles is 1. The Labute approximate surface area is 373 Å². The van der Waals surface area contributed by atoms with Gasteiger partial charge < -0.3 is 10.2 Å². The van der Waals surface area contributed by atoms with Gasteiger partial charge in [-0.05, 0) is 116 Å². The SMILES string of the molecule is C=CC(CC/C=C/CC(=O)NCCCC(C)CN(C(C)=O)C1CC(=O)N(c2c(CC)cc(Cc3cc(CC)c(N4C(=O)C=CC4=O)c(CC)c3)cc2CC)C1=O)CC(C#N)C(C)=O. The Bertz CT molecular complexity index is 2110. The number of hydrogen-bond acceptors (Lipinski definition) is 8. The molecule has 2 heterocycles. The zero-order valence-electron chi connectivity index (χ0n) is 38.3. The van der Waals surface area contributed by atoms with E-state index in [-0.39, 0.29) is 60.0 Å². The average Bonchev–Trinajstić information content (AvgIpc) is 3.75. The van der Waals surface area contributed by atoms with Crippen LogP contribution in [0, 0.1) is 29.1 Å². The van der Waals surface area contributed by atoms with Gasteiger partial charge in [0.1, 0.15) is 17.7 Å². The van der Waals surface area contributed by atoms with Gasteiger partial charge in [0.05, 0.1) is 23.9 Å². The van der Waals surface area contributed by atoms with Crippen molar-refractivity contribution in [2.45, 2.75) is 132 Å². The maximum absolute atomic E-state index is 14.2. The molecule has 0 spiro atoms. The zero-order valence-corrected chi connectivity index (χ0v) is 38.3. The molecule has 4 atom stereocenters. The highest BCUT2D eigenvalue weighted by molar-refractivity contribution is 6.28. The molecular formula is C51H65N5O7. The van der Waals surface area contributed by atoms with E-state index in [2.05, 4.69) is 42.2 Å². The molecule has 12 heteroatoms. The van der Waals surface area contributed by atoms with Gasteiger partial charge in [0.15, 0.2) is 0 Å². The van der Waals surface area contributed by atoms with Gasteiger partial charge >= 0.3 is 0 Å². The van der Waals surface area contributed by atoms with E-state index in [1.165, 1.54) is 40.7 Å². The molecule has 2 aliphatic rings. The number of aryl methyl sites for hydroxylation is 4. The zero-order chi connectivity index (χ0) is 46.4. The van der Waals surface area contributed by atoms with Crippen molar-refractivity contribution in [3.8, 4) is 6.07 Å². The maximum Gasteiger partial charge on any atom is 0.258 e. The molecule has 1 saturated heterocycles. The largest absolute Gasteiger partial charge is 0.356 e. The Balaban J connectivity index is 1.37. The van der Waals surface area contributed by atoms with Gasteiger partial charge in [-0.3, -0.25) is 33.6 Å². The minimum absolute atomic E-state index is 0.00397. The van der Waals surface area contributed by atoms with Crippen LogP contribution in [0.1, 0.15) is 127 Å². The molecule has 0 aromatic heterocycles. The summed E-state index contributed by atoms with van der Waals surface area (Å²) >= 11 is 0. The third-order valence-electron chi connectivity index (χ3n) is 12.1. The fourth-order valence-corrected chi connectivity index (χ4v) is 8.69. The summed E-state index contributed by atoms with van der Waals surface area (Å²) in [4.78, 5) is 94.5. The number of hydrogen-bond donors (Lipinski definition) is 1. The summed E-state index contributed by atoms with van der Waals surface area (Å²) in [5.74, 6) is -2.53. The minimum atomic E-state index is -0.912. The minimum Gasteiger partial charge on any atom is -0.356 e. The number of carbonyl (C=O) groups excluding carboxylic acids is 7. The predicted molar refractivity (Wildman–Crippen MR) is 246 cm³/mol. The summed E-state index contributed by atoms with van der Waals surface area (Å²) in [6.07, 6.45) is 14.5. The van der Waals surface area contributed by atoms with Crippen molar-refractivity contribution in [3.63, 3.8) is 0 Å². The fraction of sp³-hybridized carbons (Fsp3) is 0.490. The highest BCUT2D eigenvalue weighted by Crippen LogP contribution is 2.36. The van der Waals surface area contributed by atoms with Crippen molar-refractivity contribution in [3.05, 3.63) is 94.6 Å². The summed E-state index contributed by atoms with van der Waals surface area (Å²) in [5, 5.41) is 12.1. The fourth-order valence-electron chi connectivity index (χ4n) is 8.69. The van der Waals surface area contributed by atoms with Gasteiger partial charge in [0, 0.05) is 38.6 Å². The molecule has 1 N–H and O–H groups in total. The highest BCUT2D eigenvalue weighted by atomic mass is 16.2. The second-order valence-electron chi connectivity index (χ2n) is 16.8. The molecule has 0 aliphatic carbocycles. The molecule has 1 fully saturated rings. The quantitative estimate of drug-likeness (QED) is 0.0640. The Kier molecular flexibility index (Phi) is 18.5. The van der Waals surface area contributed by atoms with Crippen LogP contribution >= 0.6 is 0 Å². The van der Waals surface area contributed by atoms with Crippen molar-refractivity contribution in [1.29, 1.82) is 5.26 Å². The van der Waals surface area contributed by atoms with E-state index in [0.717, 1.165) is 39.8 Å². The first kappa shape index (κ1) is 49.7. The lowest BCUT2D eigenvalue weighted by atomic mass is 9.90. The van der Waals surface area contributed by atoms with Gasteiger partial charge in [-0.15, -0.1) is 6.58 Å². The van der Waals surface area contributed by atoms with Crippen LogP contribution < -0.4 is 15.1 Å². The van der Waals surface area contributed by atoms with Crippen molar-refractivity contribution < 1.29 is 33.6 Å². The van der Waals surface area contributed by atoms with E-state index < -0.39 is 17.9 Å². The van der Waals surface area contributed by atoms with Crippen LogP contribution in [0.3, 0.4) is 0 Å². The molecule has 2 aliphatic heterocycles. The first-order valence-electron chi connectivity index (χ1n) is 22.6. The maximum atomic E-state index is 14.2. The summed E-state index contributed by atoms with van der Waals surface area (Å²) in [6.45, 7) is 17.4. The van der Waals surface area contributed by atoms with Crippen LogP contribution in [0.4, 0.5) is 11.4 Å². The molecule has 336 valence electrons. The first-order valence-corrected chi connectivity index (χ1v) is 22.6. The van der Waals surface area contributed by atoms with Gasteiger partial charge in [0.25, 0.3) is 17.7 Å². The summed E-state index contributed by atoms with van der Waals surface area (Å²) in [6, 6.07) is 9.35. The number of ketones is 1. The second kappa shape index (κ2) is 23.5. The average molecular weight is 860 g/mol. The molecule has 0 radical (unpaired) electrons. The lowest BCUT2D eigenvalue weighted by molar-refractivity contribution is -0.137. The number of benzene rings is 2. The Hall–Kier alpha value is -5.96. The molecule has 6 amide bonds. The molecule has 2 aromatic carbocycles. The molecular weight excluding hydrogens is 795 g/mol. The second-order valence-corrected chi connectivity index (χ2v) is 16.8. The van der Waals surface area contributed by atoms with Crippen LogP contribution in [0.2, 0.25) is 0 Å². The van der Waals surface area contributed by atoms with Crippen LogP contribution in [-0.2, 0) is 65.7 Å². The Morgan fingerprint density at radius 3 is 1.87 bits per heavy atom. The highest BCUT2D eigenvalue weighted by Gasteiger charge is 2.45. The number of Topliss-reactive ketones (excluding diaryl/α,β-unsaturated/α-hetero) is 1. The van der Waals surface area contributed by atoms with Crippen molar-refractivity contribution in [2.24, 2.45) is 17.8 Å². The van der Waals surface area contributed by atoms with Crippen molar-refractivity contribution in [1.82, 2.24) is 10.2 Å². The van der Waals surface area contributed by atoms with E-state index in [1.54, 1.807) is 6.08 Å². The van der Waals surface area contributed by atoms with Crippen LogP contribution in [-0.4, -0.2) is 65.3 Å². The number of rotatable bonds is 24. The number of amides is 6. The topological polar surface area (TPSA) is 165 Å². The van der Waals surface area contributed by atoms with E-state index >= 15 is 0 Å². The number of nitrogens with zero attached hydrogens (tertiary/aromatic N) is 4. The van der Waals surface area contributed by atoms with Crippen LogP contribution in [0.15, 0.2) is 61.2 Å². The number of carbonyl (C=O) groups is 7. The Morgan fingerprint density at radius 2 is 1.40 bits per heavy atom. The van der Waals surface area contributed by atoms with E-state index in [0.29, 0.717) is 82.3 Å². The van der Waals surface area contributed by atoms with E-state index in [1.807, 2.05) is 46.8 Å². The molecule has 63 heavy (non-hydrogen) atoms. The van der Waals surface area contributed by atoms with E-state index in [9.17, 15) is 38.8 Å². The van der Waals surface area contributed by atoms with E-state index in [4.69, 9.17) is 0 Å². The standard InChI is InChI=1S/C51H65N5O7/c1-9-36(25-43(31-52)34(7)57)19-15-14-16-20-45(59)53-23-17-18-33(6)32-54(35(8)58)44-30-48(62)56(51(44)63)50-41(12-4)28-38(29-42(50)13-5)24-37-26-39(10-2)49(40(11-3)27-37)55-46(60)21-22-47(55)61/h9,14,16,21-22,26-29,33,36,43-44H,1,10-13,15,17-20,23-25,30,32H2,2-8H3,(H,53,59)/b16-14+. The van der Waals surface area contributed by atoms with Crippen LogP contribution in [0.5, 0.6) is 0 Å².